The van der Waals surface area contributed by atoms with Crippen molar-refractivity contribution >= 4 is 34.7 Å². The highest BCUT2D eigenvalue weighted by atomic mass is 32.2. The van der Waals surface area contributed by atoms with Crippen LogP contribution in [0, 0.1) is 6.92 Å². The number of rotatable bonds is 5. The van der Waals surface area contributed by atoms with Gasteiger partial charge >= 0.3 is 0 Å². The Hall–Kier alpha value is -2.11. The number of aromatic nitrogens is 1. The summed E-state index contributed by atoms with van der Waals surface area (Å²) in [5.74, 6) is 0.612. The molecule has 1 amide bonds. The van der Waals surface area contributed by atoms with Crippen LogP contribution in [0.3, 0.4) is 0 Å². The molecule has 0 radical (unpaired) electrons. The summed E-state index contributed by atoms with van der Waals surface area (Å²) in [5, 5.41) is 6.36. The van der Waals surface area contributed by atoms with Crippen molar-refractivity contribution in [3.8, 4) is 11.3 Å². The van der Waals surface area contributed by atoms with Crippen LogP contribution in [0.4, 0.5) is 5.69 Å². The van der Waals surface area contributed by atoms with Crippen LogP contribution in [0.5, 0.6) is 0 Å². The second-order valence-corrected chi connectivity index (χ2v) is 8.33. The molecule has 0 bridgehead atoms. The van der Waals surface area contributed by atoms with Crippen molar-refractivity contribution in [2.75, 3.05) is 11.6 Å². The SMILES string of the molecule is CSc1ccc(C(=O)Nc2ccc(-c3csc(C4CC4)n3)cc2)c(C)c1. The largest absolute Gasteiger partial charge is 0.322 e. The molecule has 1 aliphatic rings. The number of aryl methyl sites for hydroxylation is 1. The molecule has 1 saturated carbocycles. The van der Waals surface area contributed by atoms with Gasteiger partial charge in [-0.25, -0.2) is 4.98 Å². The molecular formula is C21H20N2OS2. The molecule has 0 aliphatic heterocycles. The van der Waals surface area contributed by atoms with E-state index in [1.807, 2.05) is 55.6 Å². The van der Waals surface area contributed by atoms with E-state index in [-0.39, 0.29) is 5.91 Å². The number of carbonyl (C=O) groups is 1. The molecule has 2 aromatic carbocycles. The Bertz CT molecular complexity index is 943. The lowest BCUT2D eigenvalue weighted by Gasteiger charge is -2.09. The zero-order chi connectivity index (χ0) is 18.1. The first-order chi connectivity index (χ1) is 12.6. The van der Waals surface area contributed by atoms with Crippen molar-refractivity contribution in [1.82, 2.24) is 4.98 Å². The van der Waals surface area contributed by atoms with Crippen LogP contribution in [-0.4, -0.2) is 17.1 Å². The van der Waals surface area contributed by atoms with Gasteiger partial charge in [0.05, 0.1) is 10.7 Å². The van der Waals surface area contributed by atoms with Crippen LogP contribution in [0.15, 0.2) is 52.7 Å². The predicted octanol–water partition coefficient (Wildman–Crippen LogP) is 5.97. The van der Waals surface area contributed by atoms with Gasteiger partial charge in [0.15, 0.2) is 0 Å². The van der Waals surface area contributed by atoms with Gasteiger partial charge in [-0.3, -0.25) is 4.79 Å². The van der Waals surface area contributed by atoms with E-state index in [1.54, 1.807) is 23.1 Å². The number of benzene rings is 2. The molecule has 0 spiro atoms. The van der Waals surface area contributed by atoms with Gasteiger partial charge in [0.25, 0.3) is 5.91 Å². The maximum absolute atomic E-state index is 12.5. The van der Waals surface area contributed by atoms with E-state index in [9.17, 15) is 4.79 Å². The maximum atomic E-state index is 12.5. The third-order valence-electron chi connectivity index (χ3n) is 4.57. The zero-order valence-corrected chi connectivity index (χ0v) is 16.4. The molecule has 3 nitrogen and oxygen atoms in total. The number of carbonyl (C=O) groups excluding carboxylic acids is 1. The van der Waals surface area contributed by atoms with E-state index in [0.717, 1.165) is 27.4 Å². The summed E-state index contributed by atoms with van der Waals surface area (Å²) in [7, 11) is 0. The molecule has 0 saturated heterocycles. The Kier molecular flexibility index (Phi) is 4.83. The van der Waals surface area contributed by atoms with Crippen molar-refractivity contribution in [2.45, 2.75) is 30.6 Å². The molecule has 132 valence electrons. The van der Waals surface area contributed by atoms with E-state index in [4.69, 9.17) is 4.98 Å². The lowest BCUT2D eigenvalue weighted by atomic mass is 10.1. The number of nitrogens with zero attached hydrogens (tertiary/aromatic N) is 1. The summed E-state index contributed by atoms with van der Waals surface area (Å²) >= 11 is 3.43. The van der Waals surface area contributed by atoms with Gasteiger partial charge in [0, 0.05) is 33.0 Å². The predicted molar refractivity (Wildman–Crippen MR) is 110 cm³/mol. The Morgan fingerprint density at radius 1 is 1.19 bits per heavy atom. The second-order valence-electron chi connectivity index (χ2n) is 6.56. The summed E-state index contributed by atoms with van der Waals surface area (Å²) in [6.07, 6.45) is 4.58. The van der Waals surface area contributed by atoms with Crippen molar-refractivity contribution in [1.29, 1.82) is 0 Å². The Morgan fingerprint density at radius 2 is 1.96 bits per heavy atom. The van der Waals surface area contributed by atoms with E-state index in [0.29, 0.717) is 11.5 Å². The van der Waals surface area contributed by atoms with E-state index < -0.39 is 0 Å². The lowest BCUT2D eigenvalue weighted by Crippen LogP contribution is -2.13. The molecule has 0 unspecified atom stereocenters. The third kappa shape index (κ3) is 3.69. The average molecular weight is 381 g/mol. The van der Waals surface area contributed by atoms with Crippen molar-refractivity contribution in [2.24, 2.45) is 0 Å². The Balaban J connectivity index is 1.47. The number of nitrogens with one attached hydrogen (secondary N) is 1. The highest BCUT2D eigenvalue weighted by molar-refractivity contribution is 7.98. The van der Waals surface area contributed by atoms with E-state index >= 15 is 0 Å². The molecule has 1 fully saturated rings. The second kappa shape index (κ2) is 7.25. The number of hydrogen-bond donors (Lipinski definition) is 1. The van der Waals surface area contributed by atoms with Gasteiger partial charge in [-0.1, -0.05) is 12.1 Å². The fourth-order valence-corrected chi connectivity index (χ4v) is 4.38. The standard InChI is InChI=1S/C21H20N2OS2/c1-13-11-17(25-2)9-10-18(13)20(24)22-16-7-5-14(6-8-16)19-12-26-21(23-19)15-3-4-15/h5-12,15H,3-4H2,1-2H3,(H,22,24). The quantitative estimate of drug-likeness (QED) is 0.554. The molecule has 5 heteroatoms. The average Bonchev–Trinajstić information content (AvgIpc) is 3.39. The smallest absolute Gasteiger partial charge is 0.255 e. The third-order valence-corrected chi connectivity index (χ3v) is 6.30. The molecule has 1 N–H and O–H groups in total. The molecule has 1 aliphatic carbocycles. The number of hydrogen-bond acceptors (Lipinski definition) is 4. The first kappa shape index (κ1) is 17.3. The molecule has 3 aromatic rings. The summed E-state index contributed by atoms with van der Waals surface area (Å²) in [6.45, 7) is 1.97. The Labute approximate surface area is 161 Å². The highest BCUT2D eigenvalue weighted by Crippen LogP contribution is 2.42. The molecule has 4 rings (SSSR count). The van der Waals surface area contributed by atoms with E-state index in [1.165, 1.54) is 17.8 Å². The first-order valence-electron chi connectivity index (χ1n) is 8.66. The molecule has 1 heterocycles. The minimum absolute atomic E-state index is 0.0763. The van der Waals surface area contributed by atoms with Crippen LogP contribution in [-0.2, 0) is 0 Å². The molecule has 26 heavy (non-hydrogen) atoms. The van der Waals surface area contributed by atoms with Crippen LogP contribution in [0.2, 0.25) is 0 Å². The number of thioether (sulfide) groups is 1. The number of amides is 1. The van der Waals surface area contributed by atoms with Gasteiger partial charge in [-0.15, -0.1) is 23.1 Å². The molecule has 1 aromatic heterocycles. The minimum atomic E-state index is -0.0763. The van der Waals surface area contributed by atoms with Crippen LogP contribution in [0.25, 0.3) is 11.3 Å². The molecular weight excluding hydrogens is 360 g/mol. The first-order valence-corrected chi connectivity index (χ1v) is 10.8. The summed E-state index contributed by atoms with van der Waals surface area (Å²) < 4.78 is 0. The van der Waals surface area contributed by atoms with Crippen molar-refractivity contribution < 1.29 is 4.79 Å². The van der Waals surface area contributed by atoms with Crippen LogP contribution in [0.1, 0.15) is 39.7 Å². The minimum Gasteiger partial charge on any atom is -0.322 e. The van der Waals surface area contributed by atoms with Gasteiger partial charge < -0.3 is 5.32 Å². The van der Waals surface area contributed by atoms with Crippen molar-refractivity contribution in [3.05, 3.63) is 64.0 Å². The van der Waals surface area contributed by atoms with Gasteiger partial charge in [-0.2, -0.15) is 0 Å². The molecule has 0 atom stereocenters. The Morgan fingerprint density at radius 3 is 2.62 bits per heavy atom. The fraction of sp³-hybridized carbons (Fsp3) is 0.238. The summed E-state index contributed by atoms with van der Waals surface area (Å²) in [5.41, 5.74) is 4.61. The van der Waals surface area contributed by atoms with E-state index in [2.05, 4.69) is 10.7 Å². The van der Waals surface area contributed by atoms with Gasteiger partial charge in [0.1, 0.15) is 0 Å². The van der Waals surface area contributed by atoms with Gasteiger partial charge in [0.2, 0.25) is 0 Å². The number of thiazole rings is 1. The van der Waals surface area contributed by atoms with Gasteiger partial charge in [-0.05, 0) is 61.9 Å². The fourth-order valence-electron chi connectivity index (χ4n) is 2.88. The van der Waals surface area contributed by atoms with Crippen molar-refractivity contribution in [3.63, 3.8) is 0 Å². The van der Waals surface area contributed by atoms with Crippen LogP contribution < -0.4 is 5.32 Å². The summed E-state index contributed by atoms with van der Waals surface area (Å²) in [4.78, 5) is 18.4. The number of anilines is 1. The normalized spacial score (nSPS) is 13.6. The topological polar surface area (TPSA) is 42.0 Å². The van der Waals surface area contributed by atoms with Crippen LogP contribution >= 0.6 is 23.1 Å². The lowest BCUT2D eigenvalue weighted by molar-refractivity contribution is 0.102. The maximum Gasteiger partial charge on any atom is 0.255 e. The highest BCUT2D eigenvalue weighted by Gasteiger charge is 2.26. The zero-order valence-electron chi connectivity index (χ0n) is 14.8. The summed E-state index contributed by atoms with van der Waals surface area (Å²) in [6, 6.07) is 13.8. The monoisotopic (exact) mass is 380 g/mol.